The van der Waals surface area contributed by atoms with Crippen LogP contribution in [0.1, 0.15) is 27.6 Å². The van der Waals surface area contributed by atoms with Crippen LogP contribution in [0.2, 0.25) is 0 Å². The molecule has 6 N–H and O–H groups in total. The van der Waals surface area contributed by atoms with Crippen molar-refractivity contribution in [2.24, 2.45) is 0 Å². The van der Waals surface area contributed by atoms with Crippen LogP contribution in [0, 0.1) is 0 Å². The summed E-state index contributed by atoms with van der Waals surface area (Å²) in [5, 5.41) is 30.9. The van der Waals surface area contributed by atoms with Gasteiger partial charge in [-0.1, -0.05) is 36.4 Å². The largest absolute Gasteiger partial charge is 0.506 e. The van der Waals surface area contributed by atoms with Crippen molar-refractivity contribution in [2.75, 3.05) is 31.6 Å². The molecular formula is C34H34N4O5. The summed E-state index contributed by atoms with van der Waals surface area (Å²) in [6, 6.07) is 31.0. The van der Waals surface area contributed by atoms with Crippen LogP contribution in [-0.2, 0) is 6.42 Å². The third-order valence-corrected chi connectivity index (χ3v) is 6.98. The number of hydrogen-bond acceptors (Lipinski definition) is 7. The van der Waals surface area contributed by atoms with Gasteiger partial charge < -0.3 is 35.9 Å². The zero-order valence-electron chi connectivity index (χ0n) is 23.5. The Morgan fingerprint density at radius 3 is 2.30 bits per heavy atom. The number of pyridine rings is 1. The van der Waals surface area contributed by atoms with Gasteiger partial charge in [0.15, 0.2) is 0 Å². The van der Waals surface area contributed by atoms with Crippen molar-refractivity contribution in [3.05, 3.63) is 130 Å². The Morgan fingerprint density at radius 2 is 1.56 bits per heavy atom. The molecule has 0 aliphatic rings. The summed E-state index contributed by atoms with van der Waals surface area (Å²) in [7, 11) is 0. The molecule has 1 heterocycles. The first-order valence-corrected chi connectivity index (χ1v) is 14.1. The van der Waals surface area contributed by atoms with E-state index in [2.05, 4.69) is 33.1 Å². The minimum absolute atomic E-state index is 0.0290. The number of aromatic amines is 1. The molecule has 0 fully saturated rings. The lowest BCUT2D eigenvalue weighted by atomic mass is 10.0. The Labute approximate surface area is 249 Å². The minimum Gasteiger partial charge on any atom is -0.506 e. The number of phenols is 1. The number of aliphatic hydroxyl groups excluding tert-OH is 1. The lowest BCUT2D eigenvalue weighted by Gasteiger charge is -2.15. The molecule has 1 atom stereocenters. The molecule has 5 aromatic rings. The first kappa shape index (κ1) is 29.4. The summed E-state index contributed by atoms with van der Waals surface area (Å²) in [5.41, 5.74) is 4.32. The number of amides is 1. The number of ether oxygens (including phenoxy) is 1. The first-order valence-electron chi connectivity index (χ1n) is 14.1. The number of H-pyrrole nitrogens is 1. The van der Waals surface area contributed by atoms with Crippen LogP contribution in [-0.4, -0.2) is 47.3 Å². The van der Waals surface area contributed by atoms with E-state index in [0.29, 0.717) is 48.3 Å². The van der Waals surface area contributed by atoms with Crippen LogP contribution in [0.5, 0.6) is 11.5 Å². The summed E-state index contributed by atoms with van der Waals surface area (Å²) in [4.78, 5) is 26.3. The van der Waals surface area contributed by atoms with E-state index in [1.807, 2.05) is 54.6 Å². The quantitative estimate of drug-likeness (QED) is 0.112. The molecule has 0 aliphatic carbocycles. The van der Waals surface area contributed by atoms with Crippen molar-refractivity contribution in [2.45, 2.75) is 12.5 Å². The van der Waals surface area contributed by atoms with E-state index in [1.165, 1.54) is 12.1 Å². The third-order valence-electron chi connectivity index (χ3n) is 6.98. The highest BCUT2D eigenvalue weighted by molar-refractivity contribution is 5.94. The fraction of sp³-hybridized carbons (Fsp3) is 0.176. The SMILES string of the molecule is O=C(NCCOc1ccc(Nc2ccc(CCNC[C@H](O)c3ccc(O)c4[nH]c(=O)ccc34)cc2)cc1)c1ccccc1. The highest BCUT2D eigenvalue weighted by Crippen LogP contribution is 2.28. The van der Waals surface area contributed by atoms with Gasteiger partial charge in [-0.2, -0.15) is 0 Å². The summed E-state index contributed by atoms with van der Waals surface area (Å²) in [6.45, 7) is 1.79. The Balaban J connectivity index is 1.02. The average Bonchev–Trinajstić information content (AvgIpc) is 3.03. The highest BCUT2D eigenvalue weighted by atomic mass is 16.5. The molecule has 220 valence electrons. The zero-order chi connectivity index (χ0) is 30.0. The molecule has 0 unspecified atom stereocenters. The fourth-order valence-corrected chi connectivity index (χ4v) is 4.71. The van der Waals surface area contributed by atoms with Gasteiger partial charge in [-0.15, -0.1) is 0 Å². The maximum atomic E-state index is 12.1. The Hall–Kier alpha value is -5.12. The lowest BCUT2D eigenvalue weighted by Crippen LogP contribution is -2.27. The number of hydrogen-bond donors (Lipinski definition) is 6. The maximum absolute atomic E-state index is 12.1. The van der Waals surface area contributed by atoms with Crippen LogP contribution >= 0.6 is 0 Å². The summed E-state index contributed by atoms with van der Waals surface area (Å²) in [6.07, 6.45) is -0.00744. The average molecular weight is 579 g/mol. The Bertz CT molecular complexity index is 1700. The summed E-state index contributed by atoms with van der Waals surface area (Å²) < 4.78 is 5.74. The second-order valence-corrected chi connectivity index (χ2v) is 10.1. The number of fused-ring (bicyclic) bond motifs is 1. The molecule has 0 radical (unpaired) electrons. The molecule has 5 rings (SSSR count). The molecule has 1 amide bonds. The van der Waals surface area contributed by atoms with Crippen molar-refractivity contribution in [3.63, 3.8) is 0 Å². The van der Waals surface area contributed by atoms with Gasteiger partial charge in [-0.05, 0) is 84.8 Å². The molecule has 0 aliphatic heterocycles. The van der Waals surface area contributed by atoms with Crippen molar-refractivity contribution in [3.8, 4) is 11.5 Å². The number of rotatable bonds is 13. The van der Waals surface area contributed by atoms with Crippen LogP contribution in [0.3, 0.4) is 0 Å². The molecule has 0 bridgehead atoms. The number of aromatic hydroxyl groups is 1. The van der Waals surface area contributed by atoms with E-state index in [-0.39, 0.29) is 17.2 Å². The lowest BCUT2D eigenvalue weighted by molar-refractivity contribution is 0.0947. The molecule has 0 saturated carbocycles. The van der Waals surface area contributed by atoms with Crippen LogP contribution in [0.4, 0.5) is 11.4 Å². The predicted octanol–water partition coefficient (Wildman–Crippen LogP) is 4.65. The van der Waals surface area contributed by atoms with Gasteiger partial charge in [0, 0.05) is 34.9 Å². The maximum Gasteiger partial charge on any atom is 0.251 e. The predicted molar refractivity (Wildman–Crippen MR) is 168 cm³/mol. The molecule has 1 aromatic heterocycles. The number of aromatic nitrogens is 1. The van der Waals surface area contributed by atoms with E-state index in [0.717, 1.165) is 29.1 Å². The van der Waals surface area contributed by atoms with Crippen molar-refractivity contribution >= 4 is 28.2 Å². The van der Waals surface area contributed by atoms with Gasteiger partial charge in [0.1, 0.15) is 18.1 Å². The Kier molecular flexibility index (Phi) is 9.68. The number of benzene rings is 4. The topological polar surface area (TPSA) is 136 Å². The standard InChI is InChI=1S/C34H34N4O5/c39-30-16-14-28(29-15-17-32(41)38-33(29)30)31(40)22-35-19-18-23-6-8-25(9-7-23)37-26-10-12-27(13-11-26)43-21-20-36-34(42)24-4-2-1-3-5-24/h1-17,31,35,37,39-40H,18-22H2,(H,36,42)(H,38,41)/t31-/m0/s1. The number of anilines is 2. The van der Waals surface area contributed by atoms with Gasteiger partial charge in [0.2, 0.25) is 5.56 Å². The zero-order valence-corrected chi connectivity index (χ0v) is 23.5. The molecule has 4 aromatic carbocycles. The van der Waals surface area contributed by atoms with Gasteiger partial charge in [0.25, 0.3) is 5.91 Å². The molecule has 9 heteroatoms. The Morgan fingerprint density at radius 1 is 0.837 bits per heavy atom. The molecule has 43 heavy (non-hydrogen) atoms. The monoisotopic (exact) mass is 578 g/mol. The van der Waals surface area contributed by atoms with E-state index < -0.39 is 6.10 Å². The minimum atomic E-state index is -0.794. The number of aliphatic hydroxyl groups is 1. The van der Waals surface area contributed by atoms with Gasteiger partial charge >= 0.3 is 0 Å². The van der Waals surface area contributed by atoms with Gasteiger partial charge in [0.05, 0.1) is 18.2 Å². The second kappa shape index (κ2) is 14.2. The number of nitrogens with one attached hydrogen (secondary N) is 4. The van der Waals surface area contributed by atoms with E-state index in [9.17, 15) is 19.8 Å². The highest BCUT2D eigenvalue weighted by Gasteiger charge is 2.13. The van der Waals surface area contributed by atoms with Crippen LogP contribution < -0.4 is 26.2 Å². The number of carbonyl (C=O) groups is 1. The van der Waals surface area contributed by atoms with E-state index in [1.54, 1.807) is 24.3 Å². The molecule has 0 saturated heterocycles. The van der Waals surface area contributed by atoms with Crippen LogP contribution in [0.15, 0.2) is 108 Å². The van der Waals surface area contributed by atoms with Crippen molar-refractivity contribution in [1.82, 2.24) is 15.6 Å². The number of phenolic OH excluding ortho intramolecular Hbond substituents is 1. The molecular weight excluding hydrogens is 544 g/mol. The van der Waals surface area contributed by atoms with E-state index >= 15 is 0 Å². The normalized spacial score (nSPS) is 11.7. The fourth-order valence-electron chi connectivity index (χ4n) is 4.71. The first-order chi connectivity index (χ1) is 21.0. The third kappa shape index (κ3) is 8.00. The summed E-state index contributed by atoms with van der Waals surface area (Å²) >= 11 is 0. The van der Waals surface area contributed by atoms with Gasteiger partial charge in [-0.25, -0.2) is 0 Å². The van der Waals surface area contributed by atoms with Crippen molar-refractivity contribution in [1.29, 1.82) is 0 Å². The van der Waals surface area contributed by atoms with Gasteiger partial charge in [-0.3, -0.25) is 9.59 Å². The smallest absolute Gasteiger partial charge is 0.251 e. The second-order valence-electron chi connectivity index (χ2n) is 10.1. The number of carbonyl (C=O) groups excluding carboxylic acids is 1. The van der Waals surface area contributed by atoms with Crippen molar-refractivity contribution < 1.29 is 19.7 Å². The van der Waals surface area contributed by atoms with Crippen LogP contribution in [0.25, 0.3) is 10.9 Å². The molecule has 9 nitrogen and oxygen atoms in total. The van der Waals surface area contributed by atoms with E-state index in [4.69, 9.17) is 4.74 Å². The summed E-state index contributed by atoms with van der Waals surface area (Å²) in [5.74, 6) is 0.574. The molecule has 0 spiro atoms.